The van der Waals surface area contributed by atoms with E-state index in [-0.39, 0.29) is 0 Å². The average Bonchev–Trinajstić information content (AvgIpc) is 3.20. The summed E-state index contributed by atoms with van der Waals surface area (Å²) in [6.07, 6.45) is 3.69. The first-order valence-electron chi connectivity index (χ1n) is 5.69. The van der Waals surface area contributed by atoms with Gasteiger partial charge in [-0.05, 0) is 42.0 Å². The summed E-state index contributed by atoms with van der Waals surface area (Å²) in [5, 5.41) is 0. The molecule has 0 spiro atoms. The number of benzene rings is 1. The van der Waals surface area contributed by atoms with Gasteiger partial charge in [0, 0.05) is 24.6 Å². The second-order valence-electron chi connectivity index (χ2n) is 4.15. The Hall–Kier alpha value is -2.03. The fourth-order valence-corrected chi connectivity index (χ4v) is 2.07. The Balaban J connectivity index is 1.76. The molecule has 1 saturated heterocycles. The van der Waals surface area contributed by atoms with Gasteiger partial charge in [-0.1, -0.05) is 0 Å². The summed E-state index contributed by atoms with van der Waals surface area (Å²) in [4.78, 5) is 6.40. The molecular formula is C14H14N2O. The van der Waals surface area contributed by atoms with Gasteiger partial charge < -0.3 is 9.64 Å². The number of rotatable bonds is 3. The first kappa shape index (κ1) is 10.1. The fraction of sp³-hybridized carbons (Fsp3) is 0.214. The van der Waals surface area contributed by atoms with Gasteiger partial charge in [0.1, 0.15) is 5.75 Å². The molecule has 0 amide bonds. The lowest BCUT2D eigenvalue weighted by Crippen LogP contribution is -1.94. The van der Waals surface area contributed by atoms with Crippen molar-refractivity contribution in [3.8, 4) is 5.75 Å². The maximum atomic E-state index is 5.15. The molecule has 17 heavy (non-hydrogen) atoms. The molecule has 1 aromatic heterocycles. The number of hydrogen-bond donors (Lipinski definition) is 0. The van der Waals surface area contributed by atoms with Gasteiger partial charge in [0.2, 0.25) is 0 Å². The van der Waals surface area contributed by atoms with Crippen LogP contribution in [-0.2, 0) is 0 Å². The molecule has 0 N–H and O–H groups in total. The van der Waals surface area contributed by atoms with Gasteiger partial charge in [-0.25, -0.2) is 0 Å². The molecule has 1 aromatic carbocycles. The van der Waals surface area contributed by atoms with Crippen molar-refractivity contribution < 1.29 is 4.74 Å². The summed E-state index contributed by atoms with van der Waals surface area (Å²) in [6, 6.07) is 12.9. The molecule has 3 nitrogen and oxygen atoms in total. The summed E-state index contributed by atoms with van der Waals surface area (Å²) < 4.78 is 5.15. The molecule has 2 heterocycles. The number of pyridine rings is 1. The smallest absolute Gasteiger partial charge is 0.119 e. The normalized spacial score (nSPS) is 17.9. The minimum Gasteiger partial charge on any atom is -0.497 e. The average molecular weight is 226 g/mol. The highest BCUT2D eigenvalue weighted by Crippen LogP contribution is 2.39. The van der Waals surface area contributed by atoms with Crippen molar-refractivity contribution in [1.82, 2.24) is 4.98 Å². The molecule has 86 valence electrons. The molecule has 0 aliphatic carbocycles. The van der Waals surface area contributed by atoms with E-state index in [2.05, 4.69) is 34.1 Å². The molecule has 0 unspecified atom stereocenters. The van der Waals surface area contributed by atoms with Crippen LogP contribution in [0.4, 0.5) is 5.69 Å². The highest BCUT2D eigenvalue weighted by Gasteiger charge is 2.35. The van der Waals surface area contributed by atoms with E-state index >= 15 is 0 Å². The molecule has 1 aliphatic rings. The van der Waals surface area contributed by atoms with E-state index in [1.165, 1.54) is 11.3 Å². The van der Waals surface area contributed by atoms with Crippen molar-refractivity contribution in [2.24, 2.45) is 0 Å². The van der Waals surface area contributed by atoms with Crippen LogP contribution in [0.15, 0.2) is 48.8 Å². The standard InChI is InChI=1S/C14H14N2O/c1-17-13-4-2-12(3-5-13)16-10-14(16)11-6-8-15-9-7-11/h2-9,14H,10H2,1H3/t14-,16?/m0/s1. The number of anilines is 1. The molecular weight excluding hydrogens is 212 g/mol. The monoisotopic (exact) mass is 226 g/mol. The van der Waals surface area contributed by atoms with E-state index in [0.717, 1.165) is 12.3 Å². The topological polar surface area (TPSA) is 25.1 Å². The second-order valence-corrected chi connectivity index (χ2v) is 4.15. The Bertz CT molecular complexity index is 495. The maximum absolute atomic E-state index is 5.15. The molecule has 0 radical (unpaired) electrons. The Labute approximate surface area is 101 Å². The minimum absolute atomic E-state index is 0.506. The molecule has 1 atom stereocenters. The molecule has 3 heteroatoms. The van der Waals surface area contributed by atoms with Crippen LogP contribution in [0.2, 0.25) is 0 Å². The van der Waals surface area contributed by atoms with Crippen molar-refractivity contribution in [2.75, 3.05) is 18.6 Å². The predicted octanol–water partition coefficient (Wildman–Crippen LogP) is 2.65. The SMILES string of the molecule is COc1ccc(N2C[C@H]2c2ccncc2)cc1. The molecule has 0 bridgehead atoms. The van der Waals surface area contributed by atoms with Crippen LogP contribution in [0.25, 0.3) is 0 Å². The van der Waals surface area contributed by atoms with Crippen LogP contribution < -0.4 is 9.64 Å². The third kappa shape index (κ3) is 1.96. The Morgan fingerprint density at radius 3 is 2.47 bits per heavy atom. The van der Waals surface area contributed by atoms with Gasteiger partial charge in [0.25, 0.3) is 0 Å². The van der Waals surface area contributed by atoms with Gasteiger partial charge in [-0.2, -0.15) is 0 Å². The van der Waals surface area contributed by atoms with Crippen molar-refractivity contribution in [3.63, 3.8) is 0 Å². The van der Waals surface area contributed by atoms with Crippen molar-refractivity contribution in [1.29, 1.82) is 0 Å². The van der Waals surface area contributed by atoms with E-state index in [9.17, 15) is 0 Å². The Kier molecular flexibility index (Phi) is 2.44. The van der Waals surface area contributed by atoms with Crippen molar-refractivity contribution in [2.45, 2.75) is 6.04 Å². The molecule has 1 aliphatic heterocycles. The van der Waals surface area contributed by atoms with Gasteiger partial charge in [0.15, 0.2) is 0 Å². The van der Waals surface area contributed by atoms with Gasteiger partial charge >= 0.3 is 0 Å². The summed E-state index contributed by atoms with van der Waals surface area (Å²) in [5.74, 6) is 0.899. The van der Waals surface area contributed by atoms with E-state index < -0.39 is 0 Å². The number of hydrogen-bond acceptors (Lipinski definition) is 3. The largest absolute Gasteiger partial charge is 0.497 e. The van der Waals surface area contributed by atoms with Crippen LogP contribution in [0, 0.1) is 0 Å². The summed E-state index contributed by atoms with van der Waals surface area (Å²) >= 11 is 0. The minimum atomic E-state index is 0.506. The van der Waals surface area contributed by atoms with Crippen LogP contribution in [0.1, 0.15) is 11.6 Å². The molecule has 1 fully saturated rings. The predicted molar refractivity (Wildman–Crippen MR) is 67.3 cm³/mol. The van der Waals surface area contributed by atoms with Gasteiger partial charge in [-0.3, -0.25) is 4.98 Å². The summed E-state index contributed by atoms with van der Waals surface area (Å²) in [6.45, 7) is 1.08. The molecule has 3 rings (SSSR count). The molecule has 2 aromatic rings. The lowest BCUT2D eigenvalue weighted by molar-refractivity contribution is 0.415. The van der Waals surface area contributed by atoms with E-state index in [4.69, 9.17) is 4.74 Å². The zero-order valence-electron chi connectivity index (χ0n) is 9.71. The van der Waals surface area contributed by atoms with Crippen LogP contribution >= 0.6 is 0 Å². The van der Waals surface area contributed by atoms with Crippen LogP contribution in [0.5, 0.6) is 5.75 Å². The Morgan fingerprint density at radius 1 is 1.12 bits per heavy atom. The lowest BCUT2D eigenvalue weighted by atomic mass is 10.2. The van der Waals surface area contributed by atoms with Crippen LogP contribution in [0.3, 0.4) is 0 Å². The number of methoxy groups -OCH3 is 1. The van der Waals surface area contributed by atoms with E-state index in [0.29, 0.717) is 6.04 Å². The third-order valence-corrected chi connectivity index (χ3v) is 3.11. The summed E-state index contributed by atoms with van der Waals surface area (Å²) in [7, 11) is 1.69. The second kappa shape index (κ2) is 4.09. The van der Waals surface area contributed by atoms with E-state index in [1.54, 1.807) is 7.11 Å². The lowest BCUT2D eigenvalue weighted by Gasteiger charge is -2.06. The zero-order valence-corrected chi connectivity index (χ0v) is 9.71. The number of aromatic nitrogens is 1. The first-order chi connectivity index (χ1) is 8.38. The first-order valence-corrected chi connectivity index (χ1v) is 5.69. The number of ether oxygens (including phenoxy) is 1. The van der Waals surface area contributed by atoms with Crippen molar-refractivity contribution in [3.05, 3.63) is 54.4 Å². The van der Waals surface area contributed by atoms with Gasteiger partial charge in [0.05, 0.1) is 13.2 Å². The van der Waals surface area contributed by atoms with Crippen molar-refractivity contribution >= 4 is 5.69 Å². The highest BCUT2D eigenvalue weighted by molar-refractivity contribution is 5.57. The quantitative estimate of drug-likeness (QED) is 0.752. The molecule has 0 saturated carbocycles. The Morgan fingerprint density at radius 2 is 1.82 bits per heavy atom. The third-order valence-electron chi connectivity index (χ3n) is 3.11. The van der Waals surface area contributed by atoms with Crippen LogP contribution in [-0.4, -0.2) is 18.6 Å². The fourth-order valence-electron chi connectivity index (χ4n) is 2.07. The maximum Gasteiger partial charge on any atom is 0.119 e. The highest BCUT2D eigenvalue weighted by atomic mass is 16.5. The number of nitrogens with zero attached hydrogens (tertiary/aromatic N) is 2. The summed E-state index contributed by atoms with van der Waals surface area (Å²) in [5.41, 5.74) is 2.57. The zero-order chi connectivity index (χ0) is 11.7. The van der Waals surface area contributed by atoms with E-state index in [1.807, 2.05) is 24.5 Å². The van der Waals surface area contributed by atoms with Gasteiger partial charge in [-0.15, -0.1) is 0 Å².